The van der Waals surface area contributed by atoms with Gasteiger partial charge in [-0.15, -0.1) is 0 Å². The number of hydrogen-bond acceptors (Lipinski definition) is 4. The number of aryl methyl sites for hydroxylation is 1. The van der Waals surface area contributed by atoms with Gasteiger partial charge in [-0.05, 0) is 60.0 Å². The first-order valence-corrected chi connectivity index (χ1v) is 10.2. The summed E-state index contributed by atoms with van der Waals surface area (Å²) in [6.07, 6.45) is -2.11. The van der Waals surface area contributed by atoms with Gasteiger partial charge in [0.05, 0.1) is 18.4 Å². The Morgan fingerprint density at radius 1 is 1.03 bits per heavy atom. The molecule has 0 radical (unpaired) electrons. The van der Waals surface area contributed by atoms with Gasteiger partial charge in [0.2, 0.25) is 0 Å². The van der Waals surface area contributed by atoms with Gasteiger partial charge in [0, 0.05) is 34.8 Å². The van der Waals surface area contributed by atoms with E-state index in [1.54, 1.807) is 31.5 Å². The SMILES string of the molecule is CCc1nccc(-c2cc(NC(=O)c3ccc(C(F)(F)F)cc3)c3cc(OC)ccc3c2)n1. The number of anilines is 1. The second-order valence-electron chi connectivity index (χ2n) is 7.35. The summed E-state index contributed by atoms with van der Waals surface area (Å²) in [5.74, 6) is 0.773. The van der Waals surface area contributed by atoms with Gasteiger partial charge >= 0.3 is 6.18 Å². The first-order chi connectivity index (χ1) is 15.8. The molecule has 33 heavy (non-hydrogen) atoms. The van der Waals surface area contributed by atoms with Gasteiger partial charge in [-0.3, -0.25) is 4.79 Å². The molecule has 0 aliphatic rings. The van der Waals surface area contributed by atoms with Crippen LogP contribution in [-0.4, -0.2) is 23.0 Å². The van der Waals surface area contributed by atoms with Gasteiger partial charge in [-0.1, -0.05) is 13.0 Å². The van der Waals surface area contributed by atoms with Crippen molar-refractivity contribution >= 4 is 22.4 Å². The normalized spacial score (nSPS) is 11.4. The van der Waals surface area contributed by atoms with Crippen LogP contribution < -0.4 is 10.1 Å². The molecule has 168 valence electrons. The van der Waals surface area contributed by atoms with Crippen molar-refractivity contribution in [3.05, 3.63) is 83.8 Å². The Morgan fingerprint density at radius 2 is 1.79 bits per heavy atom. The highest BCUT2D eigenvalue weighted by molar-refractivity contribution is 6.10. The lowest BCUT2D eigenvalue weighted by Crippen LogP contribution is -2.13. The van der Waals surface area contributed by atoms with E-state index in [0.29, 0.717) is 29.4 Å². The largest absolute Gasteiger partial charge is 0.497 e. The van der Waals surface area contributed by atoms with E-state index in [9.17, 15) is 18.0 Å². The number of amides is 1. The predicted octanol–water partition coefficient (Wildman–Crippen LogP) is 6.14. The van der Waals surface area contributed by atoms with Crippen molar-refractivity contribution in [2.45, 2.75) is 19.5 Å². The quantitative estimate of drug-likeness (QED) is 0.396. The average Bonchev–Trinajstić information content (AvgIpc) is 2.83. The smallest absolute Gasteiger partial charge is 0.416 e. The minimum atomic E-state index is -4.47. The van der Waals surface area contributed by atoms with E-state index < -0.39 is 17.6 Å². The van der Waals surface area contributed by atoms with Crippen molar-refractivity contribution in [3.8, 4) is 17.0 Å². The van der Waals surface area contributed by atoms with Crippen LogP contribution in [0, 0.1) is 0 Å². The molecule has 4 rings (SSSR count). The zero-order valence-electron chi connectivity index (χ0n) is 17.9. The van der Waals surface area contributed by atoms with E-state index in [4.69, 9.17) is 4.74 Å². The highest BCUT2D eigenvalue weighted by Gasteiger charge is 2.30. The lowest BCUT2D eigenvalue weighted by Gasteiger charge is -2.14. The molecule has 8 heteroatoms. The van der Waals surface area contributed by atoms with Gasteiger partial charge in [-0.25, -0.2) is 9.97 Å². The topological polar surface area (TPSA) is 64.1 Å². The molecule has 1 amide bonds. The minimum absolute atomic E-state index is 0.111. The molecular weight excluding hydrogens is 431 g/mol. The molecule has 1 heterocycles. The molecule has 0 spiro atoms. The molecule has 0 unspecified atom stereocenters. The van der Waals surface area contributed by atoms with Crippen molar-refractivity contribution in [1.29, 1.82) is 0 Å². The number of halogens is 3. The lowest BCUT2D eigenvalue weighted by atomic mass is 10.0. The third-order valence-electron chi connectivity index (χ3n) is 5.20. The van der Waals surface area contributed by atoms with Crippen molar-refractivity contribution in [2.75, 3.05) is 12.4 Å². The molecule has 4 aromatic rings. The molecule has 3 aromatic carbocycles. The number of ether oxygens (including phenoxy) is 1. The van der Waals surface area contributed by atoms with Crippen LogP contribution >= 0.6 is 0 Å². The minimum Gasteiger partial charge on any atom is -0.497 e. The Balaban J connectivity index is 1.76. The van der Waals surface area contributed by atoms with Crippen LogP contribution in [0.3, 0.4) is 0 Å². The van der Waals surface area contributed by atoms with Gasteiger partial charge in [0.15, 0.2) is 0 Å². The van der Waals surface area contributed by atoms with Crippen LogP contribution in [0.25, 0.3) is 22.0 Å². The summed E-state index contributed by atoms with van der Waals surface area (Å²) >= 11 is 0. The summed E-state index contributed by atoms with van der Waals surface area (Å²) < 4.78 is 43.9. The zero-order chi connectivity index (χ0) is 23.6. The van der Waals surface area contributed by atoms with Crippen LogP contribution in [0.5, 0.6) is 5.75 Å². The van der Waals surface area contributed by atoms with Crippen LogP contribution in [0.15, 0.2) is 66.9 Å². The maximum absolute atomic E-state index is 12.9. The summed E-state index contributed by atoms with van der Waals surface area (Å²) in [6.45, 7) is 1.96. The number of benzene rings is 3. The molecular formula is C25H20F3N3O2. The molecule has 0 aliphatic heterocycles. The summed E-state index contributed by atoms with van der Waals surface area (Å²) in [7, 11) is 1.54. The third kappa shape index (κ3) is 4.79. The van der Waals surface area contributed by atoms with Gasteiger partial charge in [0.1, 0.15) is 11.6 Å². The first kappa shape index (κ1) is 22.3. The van der Waals surface area contributed by atoms with Crippen molar-refractivity contribution in [3.63, 3.8) is 0 Å². The number of fused-ring (bicyclic) bond motifs is 1. The molecule has 0 atom stereocenters. The van der Waals surface area contributed by atoms with Gasteiger partial charge < -0.3 is 10.1 Å². The lowest BCUT2D eigenvalue weighted by molar-refractivity contribution is -0.137. The Labute approximate surface area is 188 Å². The molecule has 0 aliphatic carbocycles. The number of carbonyl (C=O) groups excluding carboxylic acids is 1. The molecule has 0 bridgehead atoms. The molecule has 0 saturated heterocycles. The molecule has 0 fully saturated rings. The van der Waals surface area contributed by atoms with E-state index >= 15 is 0 Å². The van der Waals surface area contributed by atoms with Crippen molar-refractivity contribution in [1.82, 2.24) is 9.97 Å². The average molecular weight is 451 g/mol. The Morgan fingerprint density at radius 3 is 2.45 bits per heavy atom. The zero-order valence-corrected chi connectivity index (χ0v) is 17.9. The summed E-state index contributed by atoms with van der Waals surface area (Å²) in [5.41, 5.74) is 1.26. The van der Waals surface area contributed by atoms with Crippen LogP contribution in [-0.2, 0) is 12.6 Å². The van der Waals surface area contributed by atoms with E-state index in [0.717, 1.165) is 40.6 Å². The highest BCUT2D eigenvalue weighted by atomic mass is 19.4. The maximum atomic E-state index is 12.9. The number of aromatic nitrogens is 2. The second-order valence-corrected chi connectivity index (χ2v) is 7.35. The van der Waals surface area contributed by atoms with E-state index in [-0.39, 0.29) is 5.56 Å². The number of nitrogens with one attached hydrogen (secondary N) is 1. The Kier molecular flexibility index (Phi) is 6.00. The van der Waals surface area contributed by atoms with Crippen LogP contribution in [0.1, 0.15) is 28.7 Å². The number of nitrogens with zero attached hydrogens (tertiary/aromatic N) is 2. The number of alkyl halides is 3. The summed E-state index contributed by atoms with van der Waals surface area (Å²) in [4.78, 5) is 21.7. The Bertz CT molecular complexity index is 1320. The number of methoxy groups -OCH3 is 1. The standard InChI is InChI=1S/C25H20F3N3O2/c1-3-23-29-11-10-21(30-23)17-12-16-6-9-19(33-2)14-20(16)22(13-17)31-24(32)15-4-7-18(8-5-15)25(26,27)28/h4-14H,3H2,1-2H3,(H,31,32). The Hall–Kier alpha value is -3.94. The monoisotopic (exact) mass is 451 g/mol. The van der Waals surface area contributed by atoms with Gasteiger partial charge in [-0.2, -0.15) is 13.2 Å². The molecule has 5 nitrogen and oxygen atoms in total. The van der Waals surface area contributed by atoms with Crippen molar-refractivity contribution in [2.24, 2.45) is 0 Å². The number of rotatable bonds is 5. The van der Waals surface area contributed by atoms with E-state index in [1.807, 2.05) is 25.1 Å². The van der Waals surface area contributed by atoms with E-state index in [2.05, 4.69) is 15.3 Å². The van der Waals surface area contributed by atoms with Crippen LogP contribution in [0.4, 0.5) is 18.9 Å². The van der Waals surface area contributed by atoms with Gasteiger partial charge in [0.25, 0.3) is 5.91 Å². The maximum Gasteiger partial charge on any atom is 0.416 e. The second kappa shape index (κ2) is 8.90. The third-order valence-corrected chi connectivity index (χ3v) is 5.20. The van der Waals surface area contributed by atoms with Crippen LogP contribution in [0.2, 0.25) is 0 Å². The fraction of sp³-hybridized carbons (Fsp3) is 0.160. The summed E-state index contributed by atoms with van der Waals surface area (Å²) in [6, 6.07) is 15.1. The number of carbonyl (C=O) groups is 1. The molecule has 0 saturated carbocycles. The van der Waals surface area contributed by atoms with Crippen molar-refractivity contribution < 1.29 is 22.7 Å². The highest BCUT2D eigenvalue weighted by Crippen LogP contribution is 2.33. The number of hydrogen-bond donors (Lipinski definition) is 1. The molecule has 1 aromatic heterocycles. The summed E-state index contributed by atoms with van der Waals surface area (Å²) in [5, 5.41) is 4.40. The van der Waals surface area contributed by atoms with E-state index in [1.165, 1.54) is 0 Å². The predicted molar refractivity (Wildman–Crippen MR) is 120 cm³/mol. The first-order valence-electron chi connectivity index (χ1n) is 10.2. The fourth-order valence-electron chi connectivity index (χ4n) is 3.45. The molecule has 1 N–H and O–H groups in total. The fourth-order valence-corrected chi connectivity index (χ4v) is 3.45.